The van der Waals surface area contributed by atoms with Crippen LogP contribution in [0.25, 0.3) is 0 Å². The van der Waals surface area contributed by atoms with Gasteiger partial charge in [-0.15, -0.1) is 0 Å². The van der Waals surface area contributed by atoms with Gasteiger partial charge in [0.15, 0.2) is 0 Å². The minimum Gasteiger partial charge on any atom is -0.369 e. The van der Waals surface area contributed by atoms with Crippen LogP contribution in [0.3, 0.4) is 0 Å². The summed E-state index contributed by atoms with van der Waals surface area (Å²) in [5.41, 5.74) is 5.02. The summed E-state index contributed by atoms with van der Waals surface area (Å²) in [4.78, 5) is 26.4. The summed E-state index contributed by atoms with van der Waals surface area (Å²) in [5.74, 6) is 0. The average molecular weight is 528 g/mol. The molecule has 39 heavy (non-hydrogen) atoms. The minimum atomic E-state index is -0.0937. The SMILES string of the molecule is O=C(NCCCN1CCN(c2ccncc2)CC1)NCc1ccccc1CN1CCN(c2ccccc2)CC1. The standard InChI is InChI=1S/C31H41N7O/c39-31(33-13-6-16-35-17-21-38(22-18-35)30-11-14-32-15-12-30)34-25-27-7-4-5-8-28(27)26-36-19-23-37(24-20-36)29-9-2-1-3-10-29/h1-5,7-12,14-15H,6,13,16-26H2,(H2,33,34,39). The number of nitrogens with zero attached hydrogens (tertiary/aromatic N) is 5. The van der Waals surface area contributed by atoms with Crippen molar-refractivity contribution >= 4 is 17.4 Å². The van der Waals surface area contributed by atoms with Gasteiger partial charge in [-0.1, -0.05) is 42.5 Å². The summed E-state index contributed by atoms with van der Waals surface area (Å²) in [6, 6.07) is 23.2. The molecule has 0 aliphatic carbocycles. The fourth-order valence-electron chi connectivity index (χ4n) is 5.46. The van der Waals surface area contributed by atoms with Crippen molar-refractivity contribution in [3.63, 3.8) is 0 Å². The topological polar surface area (TPSA) is 67.0 Å². The van der Waals surface area contributed by atoms with E-state index in [0.717, 1.165) is 71.9 Å². The van der Waals surface area contributed by atoms with Gasteiger partial charge < -0.3 is 20.4 Å². The van der Waals surface area contributed by atoms with Gasteiger partial charge in [-0.3, -0.25) is 14.8 Å². The predicted octanol–water partition coefficient (Wildman–Crippen LogP) is 3.42. The lowest BCUT2D eigenvalue weighted by molar-refractivity contribution is 0.235. The zero-order valence-corrected chi connectivity index (χ0v) is 22.8. The molecule has 0 spiro atoms. The number of rotatable bonds is 10. The van der Waals surface area contributed by atoms with Crippen molar-refractivity contribution in [1.29, 1.82) is 0 Å². The Labute approximate surface area is 232 Å². The van der Waals surface area contributed by atoms with Crippen molar-refractivity contribution in [1.82, 2.24) is 25.4 Å². The number of para-hydroxylation sites is 1. The third kappa shape index (κ3) is 7.94. The molecule has 1 aromatic heterocycles. The number of urea groups is 1. The Morgan fingerprint density at radius 1 is 0.667 bits per heavy atom. The maximum atomic E-state index is 12.5. The van der Waals surface area contributed by atoms with Crippen molar-refractivity contribution in [3.8, 4) is 0 Å². The lowest BCUT2D eigenvalue weighted by Crippen LogP contribution is -2.47. The number of benzene rings is 2. The van der Waals surface area contributed by atoms with Gasteiger partial charge in [-0.05, 0) is 48.4 Å². The highest BCUT2D eigenvalue weighted by molar-refractivity contribution is 5.73. The number of nitrogens with one attached hydrogen (secondary N) is 2. The van der Waals surface area contributed by atoms with Crippen LogP contribution in [0, 0.1) is 0 Å². The molecule has 8 heteroatoms. The molecule has 0 atom stereocenters. The van der Waals surface area contributed by atoms with Crippen LogP contribution in [0.4, 0.5) is 16.2 Å². The summed E-state index contributed by atoms with van der Waals surface area (Å²) in [6.45, 7) is 11.4. The number of carbonyl (C=O) groups is 1. The zero-order valence-electron chi connectivity index (χ0n) is 22.8. The lowest BCUT2D eigenvalue weighted by Gasteiger charge is -2.36. The highest BCUT2D eigenvalue weighted by atomic mass is 16.2. The largest absolute Gasteiger partial charge is 0.369 e. The Bertz CT molecular complexity index is 1140. The predicted molar refractivity (Wildman–Crippen MR) is 158 cm³/mol. The molecule has 3 heterocycles. The first-order chi connectivity index (χ1) is 19.2. The molecule has 2 aliphatic rings. The first kappa shape index (κ1) is 27.0. The van der Waals surface area contributed by atoms with Crippen LogP contribution in [-0.4, -0.2) is 86.3 Å². The minimum absolute atomic E-state index is 0.0937. The molecule has 2 amide bonds. The molecule has 0 bridgehead atoms. The van der Waals surface area contributed by atoms with Crippen LogP contribution in [0.5, 0.6) is 0 Å². The summed E-state index contributed by atoms with van der Waals surface area (Å²) < 4.78 is 0. The Balaban J connectivity index is 0.979. The van der Waals surface area contributed by atoms with Gasteiger partial charge in [0.05, 0.1) is 0 Å². The molecule has 5 rings (SSSR count). The first-order valence-electron chi connectivity index (χ1n) is 14.2. The number of pyridine rings is 1. The Kier molecular flexibility index (Phi) is 9.65. The van der Waals surface area contributed by atoms with Crippen LogP contribution in [0.1, 0.15) is 17.5 Å². The van der Waals surface area contributed by atoms with E-state index in [1.54, 1.807) is 0 Å². The summed E-state index contributed by atoms with van der Waals surface area (Å²) in [5, 5.41) is 6.10. The molecule has 2 saturated heterocycles. The number of aromatic nitrogens is 1. The zero-order chi connectivity index (χ0) is 26.7. The van der Waals surface area contributed by atoms with E-state index in [4.69, 9.17) is 0 Å². The van der Waals surface area contributed by atoms with E-state index in [9.17, 15) is 4.79 Å². The smallest absolute Gasteiger partial charge is 0.315 e. The van der Waals surface area contributed by atoms with Crippen LogP contribution in [0.15, 0.2) is 79.1 Å². The van der Waals surface area contributed by atoms with Crippen molar-refractivity contribution in [2.75, 3.05) is 75.2 Å². The number of anilines is 2. The average Bonchev–Trinajstić information content (AvgIpc) is 3.00. The first-order valence-corrected chi connectivity index (χ1v) is 14.2. The molecular formula is C31H41N7O. The maximum Gasteiger partial charge on any atom is 0.315 e. The number of carbonyl (C=O) groups excluding carboxylic acids is 1. The molecular weight excluding hydrogens is 486 g/mol. The number of hydrogen-bond donors (Lipinski definition) is 2. The molecule has 2 aromatic carbocycles. The third-order valence-corrected chi connectivity index (χ3v) is 7.78. The van der Waals surface area contributed by atoms with E-state index >= 15 is 0 Å². The van der Waals surface area contributed by atoms with Crippen molar-refractivity contribution in [2.24, 2.45) is 0 Å². The van der Waals surface area contributed by atoms with Gasteiger partial charge in [0.1, 0.15) is 0 Å². The highest BCUT2D eigenvalue weighted by Gasteiger charge is 2.19. The van der Waals surface area contributed by atoms with E-state index in [1.165, 1.54) is 22.5 Å². The molecule has 0 unspecified atom stereocenters. The summed E-state index contributed by atoms with van der Waals surface area (Å²) >= 11 is 0. The maximum absolute atomic E-state index is 12.5. The summed E-state index contributed by atoms with van der Waals surface area (Å²) in [7, 11) is 0. The lowest BCUT2D eigenvalue weighted by atomic mass is 10.1. The van der Waals surface area contributed by atoms with Crippen molar-refractivity contribution in [2.45, 2.75) is 19.5 Å². The second-order valence-corrected chi connectivity index (χ2v) is 10.4. The highest BCUT2D eigenvalue weighted by Crippen LogP contribution is 2.18. The van der Waals surface area contributed by atoms with Gasteiger partial charge in [-0.2, -0.15) is 0 Å². The van der Waals surface area contributed by atoms with E-state index in [-0.39, 0.29) is 6.03 Å². The van der Waals surface area contributed by atoms with Gasteiger partial charge in [0.25, 0.3) is 0 Å². The normalized spacial score (nSPS) is 16.7. The molecule has 206 valence electrons. The van der Waals surface area contributed by atoms with Gasteiger partial charge in [-0.25, -0.2) is 4.79 Å². The Hall–Kier alpha value is -3.62. The van der Waals surface area contributed by atoms with Crippen molar-refractivity contribution in [3.05, 3.63) is 90.3 Å². The van der Waals surface area contributed by atoms with Gasteiger partial charge >= 0.3 is 6.03 Å². The summed E-state index contributed by atoms with van der Waals surface area (Å²) in [6.07, 6.45) is 4.66. The fraction of sp³-hybridized carbons (Fsp3) is 0.419. The Morgan fingerprint density at radius 2 is 1.26 bits per heavy atom. The van der Waals surface area contributed by atoms with Crippen LogP contribution >= 0.6 is 0 Å². The third-order valence-electron chi connectivity index (χ3n) is 7.78. The molecule has 0 radical (unpaired) electrons. The molecule has 2 N–H and O–H groups in total. The Morgan fingerprint density at radius 3 is 1.95 bits per heavy atom. The van der Waals surface area contributed by atoms with E-state index in [2.05, 4.69) is 102 Å². The molecule has 2 aliphatic heterocycles. The fourth-order valence-corrected chi connectivity index (χ4v) is 5.46. The van der Waals surface area contributed by atoms with Gasteiger partial charge in [0.2, 0.25) is 0 Å². The molecule has 3 aromatic rings. The van der Waals surface area contributed by atoms with Crippen LogP contribution in [0.2, 0.25) is 0 Å². The number of hydrogen-bond acceptors (Lipinski definition) is 6. The monoisotopic (exact) mass is 527 g/mol. The second-order valence-electron chi connectivity index (χ2n) is 10.4. The van der Waals surface area contributed by atoms with Gasteiger partial charge in [0, 0.05) is 95.8 Å². The number of amides is 2. The molecule has 8 nitrogen and oxygen atoms in total. The molecule has 0 saturated carbocycles. The molecule has 2 fully saturated rings. The van der Waals surface area contributed by atoms with E-state index < -0.39 is 0 Å². The van der Waals surface area contributed by atoms with Crippen LogP contribution in [-0.2, 0) is 13.1 Å². The van der Waals surface area contributed by atoms with Crippen LogP contribution < -0.4 is 20.4 Å². The second kappa shape index (κ2) is 14.0. The van der Waals surface area contributed by atoms with Crippen molar-refractivity contribution < 1.29 is 4.79 Å². The van der Waals surface area contributed by atoms with E-state index in [1.807, 2.05) is 12.4 Å². The van der Waals surface area contributed by atoms with E-state index in [0.29, 0.717) is 13.1 Å². The number of piperazine rings is 2. The quantitative estimate of drug-likeness (QED) is 0.394.